The summed E-state index contributed by atoms with van der Waals surface area (Å²) >= 11 is 6.12. The lowest BCUT2D eigenvalue weighted by Gasteiger charge is -2.25. The lowest BCUT2D eigenvalue weighted by atomic mass is 9.88. The maximum atomic E-state index is 13.4. The summed E-state index contributed by atoms with van der Waals surface area (Å²) in [6.07, 6.45) is 1.84. The zero-order chi connectivity index (χ0) is 14.3. The van der Waals surface area contributed by atoms with Crippen LogP contribution in [0.5, 0.6) is 0 Å². The average molecular weight is 291 g/mol. The van der Waals surface area contributed by atoms with Gasteiger partial charge in [0.25, 0.3) is 0 Å². The van der Waals surface area contributed by atoms with Crippen LogP contribution in [-0.2, 0) is 18.4 Å². The van der Waals surface area contributed by atoms with Crippen LogP contribution >= 0.6 is 11.6 Å². The highest BCUT2D eigenvalue weighted by Gasteiger charge is 2.37. The zero-order valence-corrected chi connectivity index (χ0v) is 12.0. The van der Waals surface area contributed by atoms with E-state index in [1.54, 1.807) is 6.07 Å². The van der Waals surface area contributed by atoms with Gasteiger partial charge in [-0.3, -0.25) is 0 Å². The van der Waals surface area contributed by atoms with Crippen LogP contribution < -0.4 is 0 Å². The van der Waals surface area contributed by atoms with Crippen LogP contribution in [0.2, 0.25) is 5.02 Å². The van der Waals surface area contributed by atoms with Gasteiger partial charge in [0, 0.05) is 11.4 Å². The van der Waals surface area contributed by atoms with Crippen molar-refractivity contribution in [3.63, 3.8) is 0 Å². The molecule has 1 nitrogen and oxygen atoms in total. The van der Waals surface area contributed by atoms with Gasteiger partial charge >= 0.3 is 0 Å². The number of fused-ring (bicyclic) bond motifs is 1. The van der Waals surface area contributed by atoms with Crippen LogP contribution in [0.4, 0.5) is 4.39 Å². The Morgan fingerprint density at radius 1 is 1.25 bits per heavy atom. The van der Waals surface area contributed by atoms with Gasteiger partial charge in [0.05, 0.1) is 5.60 Å². The van der Waals surface area contributed by atoms with Crippen LogP contribution in [-0.4, -0.2) is 5.11 Å². The van der Waals surface area contributed by atoms with E-state index in [9.17, 15) is 9.50 Å². The van der Waals surface area contributed by atoms with Crippen molar-refractivity contribution in [1.82, 2.24) is 0 Å². The molecule has 3 heteroatoms. The van der Waals surface area contributed by atoms with Gasteiger partial charge in [-0.2, -0.15) is 0 Å². The van der Waals surface area contributed by atoms with Gasteiger partial charge in [-0.25, -0.2) is 4.39 Å². The average Bonchev–Trinajstić information content (AvgIpc) is 2.72. The quantitative estimate of drug-likeness (QED) is 0.880. The summed E-state index contributed by atoms with van der Waals surface area (Å²) < 4.78 is 13.4. The molecule has 1 N–H and O–H groups in total. The van der Waals surface area contributed by atoms with Crippen LogP contribution in [0, 0.1) is 12.7 Å². The largest absolute Gasteiger partial charge is 0.385 e. The molecule has 0 saturated heterocycles. The minimum absolute atomic E-state index is 0.324. The first-order valence-corrected chi connectivity index (χ1v) is 7.12. The van der Waals surface area contributed by atoms with Crippen molar-refractivity contribution in [3.05, 3.63) is 69.5 Å². The van der Waals surface area contributed by atoms with Crippen molar-refractivity contribution in [1.29, 1.82) is 0 Å². The fourth-order valence-corrected chi connectivity index (χ4v) is 3.18. The molecule has 20 heavy (non-hydrogen) atoms. The van der Waals surface area contributed by atoms with Gasteiger partial charge < -0.3 is 5.11 Å². The third-order valence-electron chi connectivity index (χ3n) is 4.07. The molecule has 0 spiro atoms. The lowest BCUT2D eigenvalue weighted by molar-refractivity contribution is 0.0389. The lowest BCUT2D eigenvalue weighted by Crippen LogP contribution is -2.25. The number of hydrogen-bond donors (Lipinski definition) is 1. The minimum atomic E-state index is -0.946. The molecule has 2 aromatic rings. The van der Waals surface area contributed by atoms with Crippen molar-refractivity contribution < 1.29 is 9.50 Å². The second kappa shape index (κ2) is 4.87. The number of hydrogen-bond acceptors (Lipinski definition) is 1. The summed E-state index contributed by atoms with van der Waals surface area (Å²) in [4.78, 5) is 0. The minimum Gasteiger partial charge on any atom is -0.385 e. The van der Waals surface area contributed by atoms with Crippen molar-refractivity contribution in [2.24, 2.45) is 0 Å². The van der Waals surface area contributed by atoms with Gasteiger partial charge in [0.2, 0.25) is 0 Å². The van der Waals surface area contributed by atoms with Crippen molar-refractivity contribution >= 4 is 11.6 Å². The van der Waals surface area contributed by atoms with E-state index >= 15 is 0 Å². The summed E-state index contributed by atoms with van der Waals surface area (Å²) in [7, 11) is 0. The Morgan fingerprint density at radius 3 is 2.85 bits per heavy atom. The highest BCUT2D eigenvalue weighted by molar-refractivity contribution is 6.31. The molecule has 1 unspecified atom stereocenters. The van der Waals surface area contributed by atoms with E-state index in [0.717, 1.165) is 17.5 Å². The Bertz CT molecular complexity index is 668. The number of benzene rings is 2. The summed E-state index contributed by atoms with van der Waals surface area (Å²) in [5.74, 6) is -0.324. The predicted octanol–water partition coefficient (Wildman–Crippen LogP) is 4.16. The molecule has 104 valence electrons. The summed E-state index contributed by atoms with van der Waals surface area (Å²) in [5.41, 5.74) is 2.96. The van der Waals surface area contributed by atoms with Gasteiger partial charge in [-0.05, 0) is 54.7 Å². The maximum Gasteiger partial charge on any atom is 0.123 e. The molecule has 0 bridgehead atoms. The van der Waals surface area contributed by atoms with Gasteiger partial charge in [0.1, 0.15) is 5.82 Å². The van der Waals surface area contributed by atoms with E-state index in [0.29, 0.717) is 23.4 Å². The van der Waals surface area contributed by atoms with E-state index in [2.05, 4.69) is 12.1 Å². The first-order chi connectivity index (χ1) is 9.48. The Kier molecular flexibility index (Phi) is 3.31. The third kappa shape index (κ3) is 2.34. The van der Waals surface area contributed by atoms with Crippen LogP contribution in [0.15, 0.2) is 36.4 Å². The second-order valence-electron chi connectivity index (χ2n) is 5.60. The fourth-order valence-electron chi connectivity index (χ4n) is 3.00. The molecule has 1 aliphatic rings. The Morgan fingerprint density at radius 2 is 2.05 bits per heavy atom. The van der Waals surface area contributed by atoms with E-state index in [4.69, 9.17) is 11.6 Å². The molecule has 0 aromatic heterocycles. The molecular weight excluding hydrogens is 275 g/mol. The monoisotopic (exact) mass is 290 g/mol. The summed E-state index contributed by atoms with van der Waals surface area (Å²) in [6.45, 7) is 2.01. The number of halogens is 2. The van der Waals surface area contributed by atoms with Gasteiger partial charge in [0.15, 0.2) is 0 Å². The number of aliphatic hydroxyl groups is 1. The highest BCUT2D eigenvalue weighted by atomic mass is 35.5. The fraction of sp³-hybridized carbons (Fsp3) is 0.294. The number of aryl methyl sites for hydroxylation is 2. The molecule has 0 amide bonds. The smallest absolute Gasteiger partial charge is 0.123 e. The second-order valence-corrected chi connectivity index (χ2v) is 6.01. The molecule has 0 aliphatic heterocycles. The van der Waals surface area contributed by atoms with Crippen molar-refractivity contribution in [3.8, 4) is 0 Å². The highest BCUT2D eigenvalue weighted by Crippen LogP contribution is 2.40. The molecule has 0 fully saturated rings. The maximum absolute atomic E-state index is 13.4. The van der Waals surface area contributed by atoms with Gasteiger partial charge in [-0.15, -0.1) is 0 Å². The van der Waals surface area contributed by atoms with Crippen LogP contribution in [0.1, 0.15) is 28.7 Å². The van der Waals surface area contributed by atoms with Crippen molar-refractivity contribution in [2.45, 2.75) is 31.8 Å². The molecule has 0 saturated carbocycles. The first-order valence-electron chi connectivity index (χ1n) is 6.74. The van der Waals surface area contributed by atoms with E-state index in [1.165, 1.54) is 17.7 Å². The molecule has 1 aliphatic carbocycles. The van der Waals surface area contributed by atoms with E-state index in [-0.39, 0.29) is 5.82 Å². The molecule has 1 atom stereocenters. The predicted molar refractivity (Wildman–Crippen MR) is 78.5 cm³/mol. The van der Waals surface area contributed by atoms with Crippen LogP contribution in [0.3, 0.4) is 0 Å². The molecule has 2 aromatic carbocycles. The molecule has 0 heterocycles. The Hall–Kier alpha value is -1.38. The van der Waals surface area contributed by atoms with E-state index < -0.39 is 5.60 Å². The number of rotatable bonds is 2. The van der Waals surface area contributed by atoms with Gasteiger partial charge in [-0.1, -0.05) is 35.4 Å². The zero-order valence-electron chi connectivity index (χ0n) is 11.3. The normalized spacial score (nSPS) is 21.0. The molecule has 0 radical (unpaired) electrons. The summed E-state index contributed by atoms with van der Waals surface area (Å²) in [6, 6.07) is 10.4. The molecule has 3 rings (SSSR count). The Labute approximate surface area is 123 Å². The van der Waals surface area contributed by atoms with E-state index in [1.807, 2.05) is 13.0 Å². The molecular formula is C17H16ClFO. The third-order valence-corrected chi connectivity index (χ3v) is 4.43. The summed E-state index contributed by atoms with van der Waals surface area (Å²) in [5, 5.41) is 11.5. The standard InChI is InChI=1S/C17H16ClFO/c1-11-2-3-12-6-7-17(20,15(12)8-11)10-13-9-14(19)4-5-16(13)18/h2-5,8-9,20H,6-7,10H2,1H3. The topological polar surface area (TPSA) is 20.2 Å². The van der Waals surface area contributed by atoms with Crippen LogP contribution in [0.25, 0.3) is 0 Å². The van der Waals surface area contributed by atoms with Crippen molar-refractivity contribution in [2.75, 3.05) is 0 Å². The Balaban J connectivity index is 2.00. The SMILES string of the molecule is Cc1ccc2c(c1)C(O)(Cc1cc(F)ccc1Cl)CC2. The first kappa shape index (κ1) is 13.6.